The average Bonchev–Trinajstić information content (AvgIpc) is 3.84. The van der Waals surface area contributed by atoms with E-state index in [-0.39, 0.29) is 40.5 Å². The van der Waals surface area contributed by atoms with Crippen molar-refractivity contribution in [2.24, 2.45) is 0 Å². The summed E-state index contributed by atoms with van der Waals surface area (Å²) >= 11 is 0. The molecule has 19 heteroatoms. The smallest absolute Gasteiger partial charge is 0.405 e. The second-order valence-electron chi connectivity index (χ2n) is 16.1. The van der Waals surface area contributed by atoms with Crippen molar-refractivity contribution in [3.8, 4) is 11.5 Å². The number of sulfonamides is 2. The Bertz CT molecular complexity index is 3010. The minimum Gasteiger partial charge on any atom is -0.507 e. The third-order valence-corrected chi connectivity index (χ3v) is 14.3. The topological polar surface area (TPSA) is 174 Å². The Hall–Kier alpha value is -5.86. The first-order chi connectivity index (χ1) is 31.4. The molecule has 0 aliphatic rings. The number of fused-ring (bicyclic) bond motifs is 2. The maximum Gasteiger partial charge on any atom is 0.405 e. The second-order valence-corrected chi connectivity index (χ2v) is 19.4. The van der Waals surface area contributed by atoms with Gasteiger partial charge in [0.1, 0.15) is 30.2 Å². The molecule has 0 bridgehead atoms. The van der Waals surface area contributed by atoms with Gasteiger partial charge >= 0.3 is 12.4 Å². The van der Waals surface area contributed by atoms with Gasteiger partial charge in [-0.2, -0.15) is 35.8 Å². The SMILES string of the molecule is C.CO.Cc1cc(C)c(S(=O)(=O)NC(Cc2c[nH]c3cccc(O)c23)C(F)(F)F)c(C)c1.Cc1cc(C)c(S(=O)(=O)NC(Cc2c[nH]c3cccc(OCc4ccccc4)c23)C(F)(F)F)c(C)c1. The van der Waals surface area contributed by atoms with Gasteiger partial charge < -0.3 is 24.9 Å². The number of ether oxygens (including phenoxy) is 1. The molecule has 2 atom stereocenters. The van der Waals surface area contributed by atoms with Crippen LogP contribution in [-0.4, -0.2) is 68.6 Å². The number of rotatable bonds is 13. The third-order valence-electron chi connectivity index (χ3n) is 10.7. The number of aliphatic hydroxyl groups excluding tert-OH is 1. The summed E-state index contributed by atoms with van der Waals surface area (Å²) in [4.78, 5) is 5.49. The lowest BCUT2D eigenvalue weighted by atomic mass is 10.0. The summed E-state index contributed by atoms with van der Waals surface area (Å²) in [6.07, 6.45) is -8.09. The predicted octanol–water partition coefficient (Wildman–Crippen LogP) is 10.6. The largest absolute Gasteiger partial charge is 0.507 e. The maximum absolute atomic E-state index is 14.1. The molecule has 2 heterocycles. The number of hydrogen-bond acceptors (Lipinski definition) is 7. The lowest BCUT2D eigenvalue weighted by Crippen LogP contribution is -2.47. The number of aromatic hydroxyl groups is 1. The Morgan fingerprint density at radius 3 is 1.41 bits per heavy atom. The van der Waals surface area contributed by atoms with E-state index in [9.17, 15) is 48.3 Å². The van der Waals surface area contributed by atoms with Gasteiger partial charge in [0.15, 0.2) is 0 Å². The minimum atomic E-state index is -4.83. The molecule has 0 saturated heterocycles. The number of aryl methyl sites for hydroxylation is 6. The van der Waals surface area contributed by atoms with E-state index < -0.39 is 57.3 Å². The zero-order valence-corrected chi connectivity index (χ0v) is 39.2. The highest BCUT2D eigenvalue weighted by atomic mass is 32.2. The van der Waals surface area contributed by atoms with Crippen LogP contribution in [0.15, 0.2) is 113 Å². The minimum absolute atomic E-state index is 0. The van der Waals surface area contributed by atoms with Crippen molar-refractivity contribution in [1.82, 2.24) is 19.4 Å². The number of H-pyrrole nitrogens is 2. The second kappa shape index (κ2) is 22.1. The molecule has 0 fully saturated rings. The molecular formula is C49H56F6N4O7S2. The monoisotopic (exact) mass is 990 g/mol. The molecule has 0 amide bonds. The van der Waals surface area contributed by atoms with E-state index in [2.05, 4.69) is 9.97 Å². The Morgan fingerprint density at radius 1 is 0.588 bits per heavy atom. The molecule has 68 heavy (non-hydrogen) atoms. The molecule has 0 aliphatic heterocycles. The highest BCUT2D eigenvalue weighted by Crippen LogP contribution is 2.35. The number of nitrogens with one attached hydrogen (secondary N) is 4. The van der Waals surface area contributed by atoms with E-state index in [4.69, 9.17) is 9.84 Å². The third kappa shape index (κ3) is 13.0. The lowest BCUT2D eigenvalue weighted by Gasteiger charge is -2.23. The van der Waals surface area contributed by atoms with Crippen LogP contribution in [0.3, 0.4) is 0 Å². The quantitative estimate of drug-likeness (QED) is 0.0624. The van der Waals surface area contributed by atoms with Gasteiger partial charge in [0, 0.05) is 41.3 Å². The van der Waals surface area contributed by atoms with Gasteiger partial charge in [0.2, 0.25) is 20.0 Å². The summed E-state index contributed by atoms with van der Waals surface area (Å²) in [5.74, 6) is 0.245. The molecular weight excluding hydrogens is 935 g/mol. The fraction of sp³-hybridized carbons (Fsp3) is 0.306. The van der Waals surface area contributed by atoms with Gasteiger partial charge in [0.25, 0.3) is 0 Å². The molecule has 11 nitrogen and oxygen atoms in total. The fourth-order valence-corrected chi connectivity index (χ4v) is 11.5. The standard InChI is InChI=1S/C27H27F3N2O3S.C20H21F3N2O3S.CH4O.CH4/c1-17-12-18(2)26(19(3)13-17)36(33,34)32-24(27(28,29)30)14-21-15-31-22-10-7-11-23(25(21)22)35-16-20-8-5-4-6-9-20;1-11-7-12(2)19(13(3)8-11)29(27,28)25-17(20(21,22)23)9-14-10-24-15-5-4-6-16(26)18(14)15;1-2;/h4-13,15,24,31-32H,14,16H2,1-3H3;4-8,10,17,24-26H,9H2,1-3H3;2H,1H3;1H4. The summed E-state index contributed by atoms with van der Waals surface area (Å²) in [6.45, 7) is 10.1. The molecule has 7 aromatic rings. The average molecular weight is 991 g/mol. The summed E-state index contributed by atoms with van der Waals surface area (Å²) in [5.41, 5.74) is 5.64. The maximum atomic E-state index is 14.1. The Morgan fingerprint density at radius 2 is 0.985 bits per heavy atom. The number of benzene rings is 5. The van der Waals surface area contributed by atoms with E-state index in [0.29, 0.717) is 50.0 Å². The highest BCUT2D eigenvalue weighted by Gasteiger charge is 2.44. The van der Waals surface area contributed by atoms with Crippen molar-refractivity contribution < 1.29 is 58.1 Å². The normalized spacial score (nSPS) is 12.9. The van der Waals surface area contributed by atoms with Gasteiger partial charge in [-0.1, -0.05) is 85.3 Å². The van der Waals surface area contributed by atoms with Crippen molar-refractivity contribution in [2.75, 3.05) is 7.11 Å². The first-order valence-corrected chi connectivity index (χ1v) is 23.6. The van der Waals surface area contributed by atoms with Crippen LogP contribution in [0.4, 0.5) is 26.3 Å². The zero-order chi connectivity index (χ0) is 49.6. The van der Waals surface area contributed by atoms with Gasteiger partial charge in [0.05, 0.1) is 9.79 Å². The molecule has 0 radical (unpaired) electrons. The van der Waals surface area contributed by atoms with Crippen LogP contribution in [0.1, 0.15) is 57.5 Å². The van der Waals surface area contributed by atoms with Gasteiger partial charge in [-0.3, -0.25) is 0 Å². The Labute approximate surface area is 392 Å². The van der Waals surface area contributed by atoms with Crippen LogP contribution < -0.4 is 14.2 Å². The summed E-state index contributed by atoms with van der Waals surface area (Å²) < 4.78 is 145. The molecule has 2 unspecified atom stereocenters. The van der Waals surface area contributed by atoms with Crippen LogP contribution in [0, 0.1) is 41.5 Å². The van der Waals surface area contributed by atoms with E-state index in [1.165, 1.54) is 18.5 Å². The summed E-state index contributed by atoms with van der Waals surface area (Å²) in [6, 6.07) is 20.9. The molecule has 5 aromatic carbocycles. The number of halogens is 6. The number of phenolic OH excluding ortho intramolecular Hbond substituents is 1. The number of alkyl halides is 6. The lowest BCUT2D eigenvalue weighted by molar-refractivity contribution is -0.151. The van der Waals surface area contributed by atoms with Crippen LogP contribution in [0.25, 0.3) is 21.8 Å². The fourth-order valence-electron chi connectivity index (χ4n) is 8.19. The van der Waals surface area contributed by atoms with Crippen molar-refractivity contribution in [3.63, 3.8) is 0 Å². The molecule has 7 rings (SSSR count). The van der Waals surface area contributed by atoms with Crippen LogP contribution in [-0.2, 0) is 39.5 Å². The van der Waals surface area contributed by atoms with Crippen molar-refractivity contribution in [1.29, 1.82) is 0 Å². The van der Waals surface area contributed by atoms with Crippen molar-refractivity contribution >= 4 is 41.9 Å². The number of phenols is 1. The molecule has 0 saturated carbocycles. The number of aliphatic hydroxyl groups is 1. The van der Waals surface area contributed by atoms with Gasteiger partial charge in [-0.25, -0.2) is 16.8 Å². The van der Waals surface area contributed by atoms with E-state index in [0.717, 1.165) is 23.8 Å². The zero-order valence-electron chi connectivity index (χ0n) is 37.6. The molecule has 368 valence electrons. The first kappa shape index (κ1) is 54.7. The Balaban J connectivity index is 0.000000288. The molecule has 0 spiro atoms. The summed E-state index contributed by atoms with van der Waals surface area (Å²) in [5, 5.41) is 17.8. The number of aromatic amines is 2. The van der Waals surface area contributed by atoms with Crippen LogP contribution in [0.2, 0.25) is 0 Å². The number of aromatic nitrogens is 2. The Kier molecular flexibility index (Phi) is 17.8. The van der Waals surface area contributed by atoms with Crippen LogP contribution >= 0.6 is 0 Å². The van der Waals surface area contributed by atoms with E-state index in [1.54, 1.807) is 96.1 Å². The highest BCUT2D eigenvalue weighted by molar-refractivity contribution is 7.90. The van der Waals surface area contributed by atoms with E-state index >= 15 is 0 Å². The van der Waals surface area contributed by atoms with Crippen molar-refractivity contribution in [2.45, 2.75) is 103 Å². The summed E-state index contributed by atoms with van der Waals surface area (Å²) in [7, 11) is -7.88. The number of hydrogen-bond donors (Lipinski definition) is 6. The molecule has 2 aromatic heterocycles. The molecule has 6 N–H and O–H groups in total. The first-order valence-electron chi connectivity index (χ1n) is 20.7. The van der Waals surface area contributed by atoms with Gasteiger partial charge in [-0.15, -0.1) is 0 Å². The van der Waals surface area contributed by atoms with Crippen molar-refractivity contribution in [3.05, 3.63) is 153 Å². The van der Waals surface area contributed by atoms with E-state index in [1.807, 2.05) is 39.8 Å². The van der Waals surface area contributed by atoms with Gasteiger partial charge in [-0.05, 0) is 118 Å². The van der Waals surface area contributed by atoms with Crippen LogP contribution in [0.5, 0.6) is 11.5 Å². The molecule has 0 aliphatic carbocycles. The predicted molar refractivity (Wildman–Crippen MR) is 253 cm³/mol.